The lowest BCUT2D eigenvalue weighted by Gasteiger charge is -2.29. The van der Waals surface area contributed by atoms with E-state index in [1.54, 1.807) is 0 Å². The molecule has 0 spiro atoms. The van der Waals surface area contributed by atoms with Gasteiger partial charge in [-0.1, -0.05) is 27.2 Å². The van der Waals surface area contributed by atoms with Crippen LogP contribution < -0.4 is 0 Å². The second-order valence-electron chi connectivity index (χ2n) is 5.52. The van der Waals surface area contributed by atoms with Gasteiger partial charge in [0.05, 0.1) is 11.7 Å². The molecule has 16 heavy (non-hydrogen) atoms. The van der Waals surface area contributed by atoms with Crippen molar-refractivity contribution in [3.63, 3.8) is 0 Å². The Bertz CT molecular complexity index is 352. The Morgan fingerprint density at radius 2 is 2.25 bits per heavy atom. The van der Waals surface area contributed by atoms with E-state index in [-0.39, 0.29) is 0 Å². The summed E-state index contributed by atoms with van der Waals surface area (Å²) in [5.41, 5.74) is 2.63. The number of hydrogen-bond acceptors (Lipinski definition) is 1. The third kappa shape index (κ3) is 2.02. The van der Waals surface area contributed by atoms with Crippen molar-refractivity contribution >= 4 is 0 Å². The highest BCUT2D eigenvalue weighted by molar-refractivity contribution is 5.11. The smallest absolute Gasteiger partial charge is 0.0596 e. The molecular weight excluding hydrogens is 196 g/mol. The van der Waals surface area contributed by atoms with E-state index in [2.05, 4.69) is 38.4 Å². The average molecular weight is 220 g/mol. The SMILES string of the molecule is CCC1CCCc2cc(C)nn2C1C(C)C. The van der Waals surface area contributed by atoms with Crippen LogP contribution in [0.5, 0.6) is 0 Å². The highest BCUT2D eigenvalue weighted by Crippen LogP contribution is 2.36. The van der Waals surface area contributed by atoms with Gasteiger partial charge >= 0.3 is 0 Å². The largest absolute Gasteiger partial charge is 0.266 e. The average Bonchev–Trinajstić information content (AvgIpc) is 2.48. The van der Waals surface area contributed by atoms with Gasteiger partial charge < -0.3 is 0 Å². The maximum atomic E-state index is 4.73. The number of fused-ring (bicyclic) bond motifs is 1. The summed E-state index contributed by atoms with van der Waals surface area (Å²) in [6, 6.07) is 2.88. The molecule has 2 unspecified atom stereocenters. The van der Waals surface area contributed by atoms with Crippen LogP contribution in [0.1, 0.15) is 57.5 Å². The molecule has 1 aliphatic rings. The first-order valence-electron chi connectivity index (χ1n) is 6.68. The van der Waals surface area contributed by atoms with Gasteiger partial charge in [-0.2, -0.15) is 5.10 Å². The van der Waals surface area contributed by atoms with Crippen molar-refractivity contribution in [2.24, 2.45) is 11.8 Å². The minimum absolute atomic E-state index is 0.608. The summed E-state index contributed by atoms with van der Waals surface area (Å²) in [6.45, 7) is 9.10. The topological polar surface area (TPSA) is 17.8 Å². The predicted molar refractivity (Wildman–Crippen MR) is 67.6 cm³/mol. The van der Waals surface area contributed by atoms with Gasteiger partial charge in [0.25, 0.3) is 0 Å². The fourth-order valence-corrected chi connectivity index (χ4v) is 3.20. The molecule has 2 rings (SSSR count). The first-order chi connectivity index (χ1) is 7.63. The van der Waals surface area contributed by atoms with E-state index in [4.69, 9.17) is 5.10 Å². The standard InChI is InChI=1S/C14H24N2/c1-5-12-7-6-8-13-9-11(4)15-16(13)14(12)10(2)3/h9-10,12,14H,5-8H2,1-4H3. The lowest BCUT2D eigenvalue weighted by Crippen LogP contribution is -2.24. The summed E-state index contributed by atoms with van der Waals surface area (Å²) in [4.78, 5) is 0. The van der Waals surface area contributed by atoms with E-state index < -0.39 is 0 Å². The van der Waals surface area contributed by atoms with Gasteiger partial charge in [-0.3, -0.25) is 4.68 Å². The third-order valence-corrected chi connectivity index (χ3v) is 3.92. The maximum Gasteiger partial charge on any atom is 0.0596 e. The highest BCUT2D eigenvalue weighted by Gasteiger charge is 2.29. The minimum Gasteiger partial charge on any atom is -0.266 e. The van der Waals surface area contributed by atoms with Crippen molar-refractivity contribution in [3.8, 4) is 0 Å². The van der Waals surface area contributed by atoms with Crippen LogP contribution in [0.25, 0.3) is 0 Å². The van der Waals surface area contributed by atoms with Crippen LogP contribution in [0.2, 0.25) is 0 Å². The lowest BCUT2D eigenvalue weighted by atomic mass is 9.86. The zero-order chi connectivity index (χ0) is 11.7. The van der Waals surface area contributed by atoms with Gasteiger partial charge in [0, 0.05) is 5.69 Å². The van der Waals surface area contributed by atoms with Gasteiger partial charge in [-0.25, -0.2) is 0 Å². The summed E-state index contributed by atoms with van der Waals surface area (Å²) in [5.74, 6) is 1.49. The van der Waals surface area contributed by atoms with E-state index in [1.165, 1.54) is 37.1 Å². The van der Waals surface area contributed by atoms with Gasteiger partial charge in [-0.05, 0) is 44.1 Å². The first-order valence-corrected chi connectivity index (χ1v) is 6.68. The number of rotatable bonds is 2. The molecule has 0 aliphatic carbocycles. The molecule has 0 saturated carbocycles. The lowest BCUT2D eigenvalue weighted by molar-refractivity contribution is 0.224. The summed E-state index contributed by atoms with van der Waals surface area (Å²) in [5, 5.41) is 4.73. The fraction of sp³-hybridized carbons (Fsp3) is 0.786. The maximum absolute atomic E-state index is 4.73. The van der Waals surface area contributed by atoms with Gasteiger partial charge in [0.1, 0.15) is 0 Å². The van der Waals surface area contributed by atoms with Crippen LogP contribution in [-0.4, -0.2) is 9.78 Å². The monoisotopic (exact) mass is 220 g/mol. The summed E-state index contributed by atoms with van der Waals surface area (Å²) in [7, 11) is 0. The van der Waals surface area contributed by atoms with Crippen LogP contribution in [-0.2, 0) is 6.42 Å². The summed E-state index contributed by atoms with van der Waals surface area (Å²) in [6.07, 6.45) is 5.18. The highest BCUT2D eigenvalue weighted by atomic mass is 15.3. The molecule has 0 N–H and O–H groups in total. The molecule has 0 bridgehead atoms. The second-order valence-corrected chi connectivity index (χ2v) is 5.52. The van der Waals surface area contributed by atoms with Crippen molar-refractivity contribution in [1.82, 2.24) is 9.78 Å². The van der Waals surface area contributed by atoms with Gasteiger partial charge in [0.15, 0.2) is 0 Å². The molecule has 1 aromatic heterocycles. The zero-order valence-electron chi connectivity index (χ0n) is 11.0. The van der Waals surface area contributed by atoms with E-state index >= 15 is 0 Å². The van der Waals surface area contributed by atoms with Crippen LogP contribution in [0.15, 0.2) is 6.07 Å². The normalized spacial score (nSPS) is 25.6. The molecule has 90 valence electrons. The molecule has 1 aliphatic heterocycles. The van der Waals surface area contributed by atoms with Crippen LogP contribution in [0.3, 0.4) is 0 Å². The molecule has 0 saturated heterocycles. The predicted octanol–water partition coefficient (Wildman–Crippen LogP) is 3.75. The van der Waals surface area contributed by atoms with Crippen LogP contribution in [0.4, 0.5) is 0 Å². The Kier molecular flexibility index (Phi) is 3.36. The molecule has 0 amide bonds. The van der Waals surface area contributed by atoms with E-state index in [0.29, 0.717) is 12.0 Å². The van der Waals surface area contributed by atoms with Crippen molar-refractivity contribution in [3.05, 3.63) is 17.5 Å². The van der Waals surface area contributed by atoms with Gasteiger partial charge in [-0.15, -0.1) is 0 Å². The molecule has 2 heterocycles. The molecule has 0 aromatic carbocycles. The van der Waals surface area contributed by atoms with Crippen LogP contribution in [0, 0.1) is 18.8 Å². The quantitative estimate of drug-likeness (QED) is 0.742. The molecule has 0 radical (unpaired) electrons. The zero-order valence-corrected chi connectivity index (χ0v) is 11.0. The number of nitrogens with zero attached hydrogens (tertiary/aromatic N) is 2. The number of aryl methyl sites for hydroxylation is 2. The first kappa shape index (κ1) is 11.7. The Morgan fingerprint density at radius 3 is 2.88 bits per heavy atom. The third-order valence-electron chi connectivity index (χ3n) is 3.92. The second kappa shape index (κ2) is 4.60. The molecule has 1 aromatic rings. The molecule has 2 heteroatoms. The van der Waals surface area contributed by atoms with E-state index in [0.717, 1.165) is 5.92 Å². The van der Waals surface area contributed by atoms with Crippen molar-refractivity contribution in [2.45, 2.75) is 59.4 Å². The Morgan fingerprint density at radius 1 is 1.50 bits per heavy atom. The molecular formula is C14H24N2. The van der Waals surface area contributed by atoms with Crippen molar-refractivity contribution in [2.75, 3.05) is 0 Å². The summed E-state index contributed by atoms with van der Waals surface area (Å²) < 4.78 is 2.33. The molecule has 2 atom stereocenters. The fourth-order valence-electron chi connectivity index (χ4n) is 3.20. The minimum atomic E-state index is 0.608. The number of hydrogen-bond donors (Lipinski definition) is 0. The van der Waals surface area contributed by atoms with Crippen molar-refractivity contribution in [1.29, 1.82) is 0 Å². The van der Waals surface area contributed by atoms with E-state index in [1.807, 2.05) is 0 Å². The van der Waals surface area contributed by atoms with Crippen LogP contribution >= 0.6 is 0 Å². The summed E-state index contributed by atoms with van der Waals surface area (Å²) >= 11 is 0. The molecule has 0 fully saturated rings. The van der Waals surface area contributed by atoms with Crippen molar-refractivity contribution < 1.29 is 0 Å². The Labute approximate surface area is 99.0 Å². The number of aromatic nitrogens is 2. The molecule has 2 nitrogen and oxygen atoms in total. The Hall–Kier alpha value is -0.790. The van der Waals surface area contributed by atoms with E-state index in [9.17, 15) is 0 Å². The van der Waals surface area contributed by atoms with Gasteiger partial charge in [0.2, 0.25) is 0 Å². The Balaban J connectivity index is 2.40.